The van der Waals surface area contributed by atoms with Crippen molar-refractivity contribution in [1.29, 1.82) is 0 Å². The van der Waals surface area contributed by atoms with Crippen molar-refractivity contribution in [3.63, 3.8) is 0 Å². The first-order valence-corrected chi connectivity index (χ1v) is 10.4. The first kappa shape index (κ1) is 25.2. The number of hydrazine groups is 1. The Labute approximate surface area is 216 Å². The van der Waals surface area contributed by atoms with Gasteiger partial charge < -0.3 is 26.0 Å². The summed E-state index contributed by atoms with van der Waals surface area (Å²) in [6.07, 6.45) is 5.60. The van der Waals surface area contributed by atoms with Gasteiger partial charge in [0.25, 0.3) is 0 Å². The molecule has 0 saturated heterocycles. The van der Waals surface area contributed by atoms with E-state index in [1.807, 2.05) is 29.6 Å². The number of nitrogens with one attached hydrogen (secondary N) is 1. The van der Waals surface area contributed by atoms with Crippen LogP contribution in [0.1, 0.15) is 34.1 Å². The van der Waals surface area contributed by atoms with E-state index in [2.05, 4.69) is 57.6 Å². The number of imidazole rings is 1. The first-order valence-electron chi connectivity index (χ1n) is 10.4. The van der Waals surface area contributed by atoms with E-state index < -0.39 is 11.9 Å². The third kappa shape index (κ3) is 4.51. The minimum absolute atomic E-state index is 0. The Hall–Kier alpha value is -2.45. The van der Waals surface area contributed by atoms with Crippen LogP contribution in [0.15, 0.2) is 42.7 Å². The molecule has 2 atom stereocenters. The first-order chi connectivity index (χ1) is 15.2. The molecule has 1 aliphatic rings. The van der Waals surface area contributed by atoms with Gasteiger partial charge in [-0.1, -0.05) is 18.2 Å². The quantitative estimate of drug-likeness (QED) is 0.448. The molecule has 3 heterocycles. The van der Waals surface area contributed by atoms with Crippen molar-refractivity contribution < 1.29 is 39.1 Å². The Morgan fingerprint density at radius 1 is 1.30 bits per heavy atom. The molecule has 0 bridgehead atoms. The van der Waals surface area contributed by atoms with Crippen LogP contribution in [-0.2, 0) is 4.79 Å². The van der Waals surface area contributed by atoms with E-state index in [4.69, 9.17) is 4.98 Å². The van der Waals surface area contributed by atoms with Crippen molar-refractivity contribution >= 4 is 23.4 Å². The molecule has 1 aromatic carbocycles. The van der Waals surface area contributed by atoms with Crippen LogP contribution >= 0.6 is 0 Å². The second-order valence-corrected chi connectivity index (χ2v) is 8.14. The van der Waals surface area contributed by atoms with Crippen molar-refractivity contribution in [2.45, 2.75) is 32.9 Å². The summed E-state index contributed by atoms with van der Waals surface area (Å²) in [6.45, 7) is 9.81. The van der Waals surface area contributed by atoms with Gasteiger partial charge in [-0.05, 0) is 49.6 Å². The number of fused-ring (bicyclic) bond motifs is 1. The van der Waals surface area contributed by atoms with E-state index in [-0.39, 0.29) is 35.6 Å². The predicted molar refractivity (Wildman–Crippen MR) is 125 cm³/mol. The number of carbonyl (C=O) groups is 1. The monoisotopic (exact) mass is 451 g/mol. The van der Waals surface area contributed by atoms with Gasteiger partial charge in [-0.2, -0.15) is 0 Å². The van der Waals surface area contributed by atoms with Gasteiger partial charge in [0.15, 0.2) is 0 Å². The molecule has 33 heavy (non-hydrogen) atoms. The standard InChI is InChI=1S/C25H26N5O2.Na/c1-15-8-7-9-20(21-13-28(5)27-17(21)3)23(15)24-18(4)30-11-10-19(12-22(30)26-24)25(32)29(6)16(2)14-31;/h7-13,16-17,27H,2,6H2,1,3-5H3;/q-3;+1. The largest absolute Gasteiger partial charge is 1.00 e. The number of carbonyl (C=O) groups excluding carboxylic acids is 2. The molecule has 3 aromatic rings. The maximum atomic E-state index is 12.7. The average Bonchev–Trinajstić information content (AvgIpc) is 3.29. The number of amides is 1. The maximum Gasteiger partial charge on any atom is 1.00 e. The minimum Gasteiger partial charge on any atom is -0.542 e. The van der Waals surface area contributed by atoms with E-state index in [0.29, 0.717) is 11.2 Å². The SMILES string of the molecule is [CH2-]C([C-]=O)N([CH2-])C(=O)c1ccn2c(C)c(-c3c(C)cccc3C3=CN(C)NC3C)nc2c1.[Na+]. The molecule has 2 aromatic heterocycles. The van der Waals surface area contributed by atoms with E-state index in [1.165, 1.54) is 5.57 Å². The Kier molecular flexibility index (Phi) is 7.49. The van der Waals surface area contributed by atoms with Crippen molar-refractivity contribution in [2.75, 3.05) is 7.05 Å². The summed E-state index contributed by atoms with van der Waals surface area (Å²) in [7, 11) is 5.62. The van der Waals surface area contributed by atoms with Crippen LogP contribution in [0.2, 0.25) is 0 Å². The van der Waals surface area contributed by atoms with E-state index in [9.17, 15) is 9.59 Å². The van der Waals surface area contributed by atoms with Crippen LogP contribution in [0.4, 0.5) is 0 Å². The van der Waals surface area contributed by atoms with Gasteiger partial charge in [0.2, 0.25) is 5.91 Å². The average molecular weight is 452 g/mol. The van der Waals surface area contributed by atoms with E-state index in [1.54, 1.807) is 18.4 Å². The van der Waals surface area contributed by atoms with Crippen LogP contribution in [0.3, 0.4) is 0 Å². The second-order valence-electron chi connectivity index (χ2n) is 8.14. The third-order valence-electron chi connectivity index (χ3n) is 5.90. The fourth-order valence-electron chi connectivity index (χ4n) is 4.17. The van der Waals surface area contributed by atoms with E-state index >= 15 is 0 Å². The number of aryl methyl sites for hydroxylation is 2. The molecule has 7 nitrogen and oxygen atoms in total. The van der Waals surface area contributed by atoms with Crippen molar-refractivity contribution in [3.05, 3.63) is 79.1 Å². The molecule has 1 amide bonds. The maximum absolute atomic E-state index is 12.7. The number of aromatic nitrogens is 2. The van der Waals surface area contributed by atoms with Gasteiger partial charge in [0.05, 0.1) is 11.7 Å². The number of nitrogens with zero attached hydrogens (tertiary/aromatic N) is 4. The fraction of sp³-hybridized carbons (Fsp3) is 0.240. The Morgan fingerprint density at radius 3 is 2.67 bits per heavy atom. The van der Waals surface area contributed by atoms with Crippen LogP contribution in [0.25, 0.3) is 22.5 Å². The number of pyridine rings is 1. The zero-order chi connectivity index (χ0) is 23.2. The molecule has 0 radical (unpaired) electrons. The Balaban J connectivity index is 0.00000306. The Bertz CT molecular complexity index is 1250. The molecule has 166 valence electrons. The summed E-state index contributed by atoms with van der Waals surface area (Å²) < 4.78 is 1.96. The van der Waals surface area contributed by atoms with Crippen LogP contribution in [-0.4, -0.2) is 50.6 Å². The van der Waals surface area contributed by atoms with Gasteiger partial charge in [-0.15, -0.1) is 0 Å². The molecule has 0 saturated carbocycles. The number of hydrogen-bond donors (Lipinski definition) is 1. The van der Waals surface area contributed by atoms with Gasteiger partial charge >= 0.3 is 29.6 Å². The number of benzene rings is 1. The molecule has 4 rings (SSSR count). The summed E-state index contributed by atoms with van der Waals surface area (Å²) in [5.74, 6) is -0.409. The topological polar surface area (TPSA) is 70.0 Å². The molecule has 1 N–H and O–H groups in total. The van der Waals surface area contributed by atoms with Gasteiger partial charge in [-0.3, -0.25) is 18.1 Å². The third-order valence-corrected chi connectivity index (χ3v) is 5.90. The second kappa shape index (κ2) is 9.81. The summed E-state index contributed by atoms with van der Waals surface area (Å²) in [5, 5.41) is 1.97. The van der Waals surface area contributed by atoms with E-state index in [0.717, 1.165) is 33.0 Å². The van der Waals surface area contributed by atoms with Crippen molar-refractivity contribution in [1.82, 2.24) is 24.7 Å². The molecular weight excluding hydrogens is 425 g/mol. The molecular formula is C25H26N5NaO2-2. The summed E-state index contributed by atoms with van der Waals surface area (Å²) in [6, 6.07) is 8.87. The summed E-state index contributed by atoms with van der Waals surface area (Å²) >= 11 is 0. The minimum atomic E-state index is -0.973. The smallest absolute Gasteiger partial charge is 0.542 e. The Morgan fingerprint density at radius 2 is 2.03 bits per heavy atom. The normalized spacial score (nSPS) is 16.4. The summed E-state index contributed by atoms with van der Waals surface area (Å²) in [5.41, 5.74) is 10.8. The number of hydrogen-bond acceptors (Lipinski definition) is 5. The zero-order valence-electron chi connectivity index (χ0n) is 19.7. The number of rotatable bonds is 5. The summed E-state index contributed by atoms with van der Waals surface area (Å²) in [4.78, 5) is 29.5. The fourth-order valence-corrected chi connectivity index (χ4v) is 4.17. The molecule has 0 fully saturated rings. The predicted octanol–water partition coefficient (Wildman–Crippen LogP) is 0.348. The van der Waals surface area contributed by atoms with Gasteiger partial charge in [-0.25, -0.2) is 16.5 Å². The molecule has 1 aliphatic heterocycles. The van der Waals surface area contributed by atoms with Crippen molar-refractivity contribution in [2.24, 2.45) is 0 Å². The van der Waals surface area contributed by atoms with Crippen LogP contribution in [0.5, 0.6) is 0 Å². The van der Waals surface area contributed by atoms with Crippen LogP contribution in [0, 0.1) is 27.8 Å². The van der Waals surface area contributed by atoms with Gasteiger partial charge in [0, 0.05) is 36.3 Å². The van der Waals surface area contributed by atoms with Crippen molar-refractivity contribution in [3.8, 4) is 11.3 Å². The molecule has 2 unspecified atom stereocenters. The molecule has 0 spiro atoms. The zero-order valence-corrected chi connectivity index (χ0v) is 21.7. The van der Waals surface area contributed by atoms with Gasteiger partial charge in [0.1, 0.15) is 5.65 Å². The molecule has 8 heteroatoms. The van der Waals surface area contributed by atoms with Crippen LogP contribution < -0.4 is 35.0 Å². The molecule has 0 aliphatic carbocycles.